The highest BCUT2D eigenvalue weighted by Crippen LogP contribution is 2.22. The number of rotatable bonds is 3. The Balaban J connectivity index is 3.04. The fourth-order valence-electron chi connectivity index (χ4n) is 1.19. The van der Waals surface area contributed by atoms with Crippen molar-refractivity contribution in [3.63, 3.8) is 0 Å². The molecule has 4 nitrogen and oxygen atoms in total. The molecule has 0 atom stereocenters. The van der Waals surface area contributed by atoms with Gasteiger partial charge in [0, 0.05) is 12.7 Å². The smallest absolute Gasteiger partial charge is 0.399 e. The number of hydrogen-bond donors (Lipinski definition) is 1. The predicted molar refractivity (Wildman–Crippen MR) is 56.7 cm³/mol. The minimum Gasteiger partial charge on any atom is -0.399 e. The second-order valence-electron chi connectivity index (χ2n) is 3.45. The summed E-state index contributed by atoms with van der Waals surface area (Å²) in [5, 5.41) is 0. The van der Waals surface area contributed by atoms with Crippen LogP contribution < -0.4 is 5.73 Å². The number of anilines is 1. The van der Waals surface area contributed by atoms with E-state index in [9.17, 15) is 21.6 Å². The molecule has 17 heavy (non-hydrogen) atoms. The van der Waals surface area contributed by atoms with Crippen molar-refractivity contribution in [2.75, 3.05) is 19.3 Å². The lowest BCUT2D eigenvalue weighted by atomic mass is 10.3. The zero-order valence-electron chi connectivity index (χ0n) is 8.90. The van der Waals surface area contributed by atoms with Crippen LogP contribution in [0.4, 0.5) is 18.9 Å². The van der Waals surface area contributed by atoms with E-state index in [2.05, 4.69) is 0 Å². The van der Waals surface area contributed by atoms with Crippen molar-refractivity contribution in [3.8, 4) is 0 Å². The summed E-state index contributed by atoms with van der Waals surface area (Å²) >= 11 is 0. The highest BCUT2D eigenvalue weighted by atomic mass is 32.2. The maximum Gasteiger partial charge on any atom is 0.402 e. The highest BCUT2D eigenvalue weighted by Gasteiger charge is 2.34. The van der Waals surface area contributed by atoms with E-state index in [4.69, 9.17) is 5.73 Å². The van der Waals surface area contributed by atoms with Gasteiger partial charge in [0.05, 0.1) is 4.90 Å². The standard InChI is InChI=1S/C9H11F3N2O2S/c1-14(6-9(10,11)12)17(15,16)8-4-2-3-7(13)5-8/h2-5H,6,13H2,1H3. The van der Waals surface area contributed by atoms with E-state index in [0.29, 0.717) is 0 Å². The number of nitrogens with zero attached hydrogens (tertiary/aromatic N) is 1. The first-order chi connectivity index (χ1) is 7.63. The monoisotopic (exact) mass is 268 g/mol. The predicted octanol–water partition coefficient (Wildman–Crippen LogP) is 1.45. The third-order valence-corrected chi connectivity index (χ3v) is 3.77. The molecule has 96 valence electrons. The SMILES string of the molecule is CN(CC(F)(F)F)S(=O)(=O)c1cccc(N)c1. The van der Waals surface area contributed by atoms with Crippen LogP contribution in [-0.4, -0.2) is 32.5 Å². The van der Waals surface area contributed by atoms with Crippen molar-refractivity contribution >= 4 is 15.7 Å². The van der Waals surface area contributed by atoms with Crippen LogP contribution in [0.2, 0.25) is 0 Å². The molecule has 0 aliphatic carbocycles. The van der Waals surface area contributed by atoms with E-state index in [1.807, 2.05) is 0 Å². The molecule has 0 radical (unpaired) electrons. The third kappa shape index (κ3) is 3.60. The van der Waals surface area contributed by atoms with Crippen molar-refractivity contribution in [1.82, 2.24) is 4.31 Å². The van der Waals surface area contributed by atoms with Gasteiger partial charge in [0.15, 0.2) is 0 Å². The average Bonchev–Trinajstić information content (AvgIpc) is 2.15. The molecule has 0 bridgehead atoms. The summed E-state index contributed by atoms with van der Waals surface area (Å²) in [5.41, 5.74) is 5.55. The van der Waals surface area contributed by atoms with E-state index in [1.54, 1.807) is 0 Å². The number of hydrogen-bond acceptors (Lipinski definition) is 3. The second kappa shape index (κ2) is 4.53. The Bertz CT molecular complexity index is 499. The van der Waals surface area contributed by atoms with Crippen molar-refractivity contribution in [2.24, 2.45) is 0 Å². The lowest BCUT2D eigenvalue weighted by molar-refractivity contribution is -0.134. The second-order valence-corrected chi connectivity index (χ2v) is 5.49. The van der Waals surface area contributed by atoms with Crippen LogP contribution in [0.3, 0.4) is 0 Å². The quantitative estimate of drug-likeness (QED) is 0.844. The number of halogens is 3. The average molecular weight is 268 g/mol. The molecule has 2 N–H and O–H groups in total. The number of sulfonamides is 1. The lowest BCUT2D eigenvalue weighted by Gasteiger charge is -2.18. The molecule has 0 amide bonds. The van der Waals surface area contributed by atoms with E-state index in [-0.39, 0.29) is 14.9 Å². The first-order valence-electron chi connectivity index (χ1n) is 4.51. The Morgan fingerprint density at radius 1 is 1.35 bits per heavy atom. The molecule has 0 saturated carbocycles. The molecular formula is C9H11F3N2O2S. The minimum atomic E-state index is -4.58. The van der Waals surface area contributed by atoms with Gasteiger partial charge in [0.25, 0.3) is 0 Å². The molecule has 1 aromatic rings. The molecular weight excluding hydrogens is 257 g/mol. The normalized spacial score (nSPS) is 13.0. The lowest BCUT2D eigenvalue weighted by Crippen LogP contribution is -2.35. The Morgan fingerprint density at radius 3 is 2.41 bits per heavy atom. The summed E-state index contributed by atoms with van der Waals surface area (Å²) in [4.78, 5) is -0.260. The van der Waals surface area contributed by atoms with Crippen molar-refractivity contribution < 1.29 is 21.6 Å². The Morgan fingerprint density at radius 2 is 1.94 bits per heavy atom. The highest BCUT2D eigenvalue weighted by molar-refractivity contribution is 7.89. The van der Waals surface area contributed by atoms with Crippen molar-refractivity contribution in [3.05, 3.63) is 24.3 Å². The van der Waals surface area contributed by atoms with Gasteiger partial charge in [-0.1, -0.05) is 6.07 Å². The molecule has 1 aromatic carbocycles. The third-order valence-electron chi connectivity index (χ3n) is 1.97. The van der Waals surface area contributed by atoms with Crippen LogP contribution in [-0.2, 0) is 10.0 Å². The zero-order valence-corrected chi connectivity index (χ0v) is 9.72. The van der Waals surface area contributed by atoms with Crippen molar-refractivity contribution in [2.45, 2.75) is 11.1 Å². The molecule has 1 rings (SSSR count). The van der Waals surface area contributed by atoms with Crippen molar-refractivity contribution in [1.29, 1.82) is 0 Å². The van der Waals surface area contributed by atoms with Gasteiger partial charge in [0.1, 0.15) is 6.54 Å². The minimum absolute atomic E-state index is 0.173. The molecule has 0 fully saturated rings. The van der Waals surface area contributed by atoms with E-state index < -0.39 is 22.7 Å². The maximum atomic E-state index is 12.1. The topological polar surface area (TPSA) is 63.4 Å². The molecule has 0 saturated heterocycles. The molecule has 0 aliphatic rings. The molecule has 0 aromatic heterocycles. The Hall–Kier alpha value is -1.28. The molecule has 0 spiro atoms. The maximum absolute atomic E-state index is 12.1. The molecule has 0 aliphatic heterocycles. The zero-order chi connectivity index (χ0) is 13.3. The molecule has 0 unspecified atom stereocenters. The summed E-state index contributed by atoms with van der Waals surface area (Å²) in [6, 6.07) is 5.12. The largest absolute Gasteiger partial charge is 0.402 e. The Labute approximate surface area is 96.9 Å². The van der Waals surface area contributed by atoms with Gasteiger partial charge < -0.3 is 5.73 Å². The van der Waals surface area contributed by atoms with Crippen LogP contribution in [0.25, 0.3) is 0 Å². The van der Waals surface area contributed by atoms with E-state index in [1.165, 1.54) is 18.2 Å². The van der Waals surface area contributed by atoms with E-state index in [0.717, 1.165) is 13.1 Å². The Kier molecular flexibility index (Phi) is 3.68. The first-order valence-corrected chi connectivity index (χ1v) is 5.95. The summed E-state index contributed by atoms with van der Waals surface area (Å²) in [6.45, 7) is -1.54. The van der Waals surface area contributed by atoms with Crippen LogP contribution in [0, 0.1) is 0 Å². The van der Waals surface area contributed by atoms with Gasteiger partial charge in [0.2, 0.25) is 10.0 Å². The molecule has 0 heterocycles. The van der Waals surface area contributed by atoms with Gasteiger partial charge in [-0.2, -0.15) is 17.5 Å². The van der Waals surface area contributed by atoms with Gasteiger partial charge in [-0.05, 0) is 18.2 Å². The summed E-state index contributed by atoms with van der Waals surface area (Å²) in [6.07, 6.45) is -4.58. The van der Waals surface area contributed by atoms with Gasteiger partial charge in [-0.15, -0.1) is 0 Å². The van der Waals surface area contributed by atoms with Crippen LogP contribution in [0.15, 0.2) is 29.2 Å². The summed E-state index contributed by atoms with van der Waals surface area (Å²) in [7, 11) is -3.29. The van der Waals surface area contributed by atoms with E-state index >= 15 is 0 Å². The fraction of sp³-hybridized carbons (Fsp3) is 0.333. The van der Waals surface area contributed by atoms with Gasteiger partial charge >= 0.3 is 6.18 Å². The first kappa shape index (κ1) is 13.8. The fourth-order valence-corrected chi connectivity index (χ4v) is 2.40. The van der Waals surface area contributed by atoms with Crippen LogP contribution >= 0.6 is 0 Å². The van der Waals surface area contributed by atoms with Gasteiger partial charge in [-0.3, -0.25) is 0 Å². The number of alkyl halides is 3. The van der Waals surface area contributed by atoms with Crippen LogP contribution in [0.1, 0.15) is 0 Å². The molecule has 8 heteroatoms. The summed E-state index contributed by atoms with van der Waals surface area (Å²) < 4.78 is 60.0. The number of benzene rings is 1. The van der Waals surface area contributed by atoms with Gasteiger partial charge in [-0.25, -0.2) is 8.42 Å². The number of nitrogens with two attached hydrogens (primary N) is 1. The summed E-state index contributed by atoms with van der Waals surface area (Å²) in [5.74, 6) is 0. The number of nitrogen functional groups attached to an aromatic ring is 1. The van der Waals surface area contributed by atoms with Crippen LogP contribution in [0.5, 0.6) is 0 Å².